The minimum Gasteiger partial charge on any atom is -0.331 e. The van der Waals surface area contributed by atoms with Gasteiger partial charge in [-0.3, -0.25) is 4.40 Å². The number of nitrogens with zero attached hydrogens (tertiary/aromatic N) is 3. The molecular formula is C17H13Br3N4S. The minimum atomic E-state index is 0. The predicted octanol–water partition coefficient (Wildman–Crippen LogP) is 6.61. The van der Waals surface area contributed by atoms with E-state index < -0.39 is 0 Å². The molecule has 0 saturated heterocycles. The van der Waals surface area contributed by atoms with Crippen molar-refractivity contribution in [2.45, 2.75) is 6.92 Å². The zero-order valence-electron chi connectivity index (χ0n) is 13.0. The predicted molar refractivity (Wildman–Crippen MR) is 116 cm³/mol. The zero-order chi connectivity index (χ0) is 16.7. The smallest absolute Gasteiger partial charge is 0.187 e. The number of fused-ring (bicyclic) bond motifs is 1. The lowest BCUT2D eigenvalue weighted by Crippen LogP contribution is -1.92. The molecule has 25 heavy (non-hydrogen) atoms. The van der Waals surface area contributed by atoms with Gasteiger partial charge in [-0.1, -0.05) is 22.0 Å². The SMILES string of the molecule is Br.Cc1nc2ccccn2c1-c1csc(Nc2ccc(Br)cc2Br)n1. The van der Waals surface area contributed by atoms with E-state index in [0.29, 0.717) is 0 Å². The van der Waals surface area contributed by atoms with Crippen LogP contribution in [0, 0.1) is 6.92 Å². The minimum absolute atomic E-state index is 0. The summed E-state index contributed by atoms with van der Waals surface area (Å²) in [7, 11) is 0. The lowest BCUT2D eigenvalue weighted by atomic mass is 10.3. The van der Waals surface area contributed by atoms with E-state index in [9.17, 15) is 0 Å². The first-order chi connectivity index (χ1) is 11.6. The average molecular weight is 545 g/mol. The summed E-state index contributed by atoms with van der Waals surface area (Å²) in [6.07, 6.45) is 2.02. The molecular weight excluding hydrogens is 532 g/mol. The van der Waals surface area contributed by atoms with Crippen molar-refractivity contribution in [2.75, 3.05) is 5.32 Å². The number of hydrogen-bond donors (Lipinski definition) is 1. The van der Waals surface area contributed by atoms with Crippen LogP contribution in [0.5, 0.6) is 0 Å². The van der Waals surface area contributed by atoms with E-state index in [4.69, 9.17) is 4.98 Å². The Morgan fingerprint density at radius 3 is 2.76 bits per heavy atom. The third kappa shape index (κ3) is 3.67. The van der Waals surface area contributed by atoms with Crippen molar-refractivity contribution in [1.82, 2.24) is 14.4 Å². The number of aryl methyl sites for hydroxylation is 1. The Balaban J connectivity index is 0.00000182. The van der Waals surface area contributed by atoms with Gasteiger partial charge in [0.1, 0.15) is 11.3 Å². The van der Waals surface area contributed by atoms with E-state index in [1.54, 1.807) is 11.3 Å². The monoisotopic (exact) mass is 542 g/mol. The van der Waals surface area contributed by atoms with Crippen LogP contribution in [0.3, 0.4) is 0 Å². The van der Waals surface area contributed by atoms with Gasteiger partial charge in [-0.05, 0) is 53.2 Å². The van der Waals surface area contributed by atoms with E-state index in [-0.39, 0.29) is 17.0 Å². The van der Waals surface area contributed by atoms with Crippen LogP contribution in [-0.2, 0) is 0 Å². The highest BCUT2D eigenvalue weighted by Gasteiger charge is 2.14. The number of thiazole rings is 1. The van der Waals surface area contributed by atoms with Crippen molar-refractivity contribution < 1.29 is 0 Å². The van der Waals surface area contributed by atoms with Crippen LogP contribution < -0.4 is 5.32 Å². The molecule has 0 aliphatic heterocycles. The molecule has 4 aromatic rings. The fourth-order valence-electron chi connectivity index (χ4n) is 2.57. The van der Waals surface area contributed by atoms with Gasteiger partial charge in [-0.2, -0.15) is 0 Å². The van der Waals surface area contributed by atoms with Crippen LogP contribution in [-0.4, -0.2) is 14.4 Å². The van der Waals surface area contributed by atoms with Crippen LogP contribution in [0.4, 0.5) is 10.8 Å². The first-order valence-electron chi connectivity index (χ1n) is 7.23. The molecule has 1 N–H and O–H groups in total. The quantitative estimate of drug-likeness (QED) is 0.315. The summed E-state index contributed by atoms with van der Waals surface area (Å²) in [4.78, 5) is 9.34. The number of pyridine rings is 1. The Labute approximate surface area is 176 Å². The van der Waals surface area contributed by atoms with E-state index in [0.717, 1.165) is 42.5 Å². The largest absolute Gasteiger partial charge is 0.331 e. The number of benzene rings is 1. The van der Waals surface area contributed by atoms with Crippen molar-refractivity contribution in [1.29, 1.82) is 0 Å². The topological polar surface area (TPSA) is 42.2 Å². The summed E-state index contributed by atoms with van der Waals surface area (Å²) in [6.45, 7) is 2.01. The van der Waals surface area contributed by atoms with Gasteiger partial charge in [0.05, 0.1) is 17.1 Å². The Bertz CT molecular complexity index is 1040. The molecule has 0 aliphatic rings. The molecule has 0 bridgehead atoms. The summed E-state index contributed by atoms with van der Waals surface area (Å²) in [5.74, 6) is 0. The normalized spacial score (nSPS) is 10.7. The number of hydrogen-bond acceptors (Lipinski definition) is 4. The second kappa shape index (κ2) is 7.57. The number of halogens is 3. The number of rotatable bonds is 3. The first kappa shape index (κ1) is 18.6. The van der Waals surface area contributed by atoms with Crippen molar-refractivity contribution in [2.24, 2.45) is 0 Å². The third-order valence-corrected chi connectivity index (χ3v) is 5.53. The van der Waals surface area contributed by atoms with Crippen LogP contribution in [0.2, 0.25) is 0 Å². The lowest BCUT2D eigenvalue weighted by molar-refractivity contribution is 1.17. The van der Waals surface area contributed by atoms with Crippen molar-refractivity contribution in [3.8, 4) is 11.4 Å². The summed E-state index contributed by atoms with van der Waals surface area (Å²) >= 11 is 8.60. The molecule has 1 aromatic carbocycles. The molecule has 0 aliphatic carbocycles. The zero-order valence-corrected chi connectivity index (χ0v) is 18.7. The number of imidazole rings is 1. The van der Waals surface area contributed by atoms with E-state index in [2.05, 4.69) is 51.9 Å². The third-order valence-electron chi connectivity index (χ3n) is 3.62. The molecule has 3 heterocycles. The highest BCUT2D eigenvalue weighted by Crippen LogP contribution is 2.33. The number of aromatic nitrogens is 3. The van der Waals surface area contributed by atoms with Crippen molar-refractivity contribution >= 4 is 76.6 Å². The molecule has 0 amide bonds. The van der Waals surface area contributed by atoms with Crippen LogP contribution in [0.25, 0.3) is 17.0 Å². The molecule has 0 atom stereocenters. The summed E-state index contributed by atoms with van der Waals surface area (Å²) in [5, 5.41) is 6.26. The summed E-state index contributed by atoms with van der Waals surface area (Å²) in [6, 6.07) is 12.0. The van der Waals surface area contributed by atoms with Gasteiger partial charge in [0, 0.05) is 20.5 Å². The van der Waals surface area contributed by atoms with E-state index in [1.165, 1.54) is 0 Å². The molecule has 0 radical (unpaired) electrons. The highest BCUT2D eigenvalue weighted by molar-refractivity contribution is 9.11. The fraction of sp³-hybridized carbons (Fsp3) is 0.0588. The maximum atomic E-state index is 4.74. The molecule has 128 valence electrons. The fourth-order valence-corrected chi connectivity index (χ4v) is 4.42. The second-order valence-electron chi connectivity index (χ2n) is 5.26. The maximum absolute atomic E-state index is 4.74. The van der Waals surface area contributed by atoms with Crippen LogP contribution in [0.1, 0.15) is 5.69 Å². The molecule has 8 heteroatoms. The molecule has 4 nitrogen and oxygen atoms in total. The number of anilines is 2. The molecule has 0 spiro atoms. The van der Waals surface area contributed by atoms with Crippen LogP contribution in [0.15, 0.2) is 56.9 Å². The molecule has 3 aromatic heterocycles. The molecule has 0 saturated carbocycles. The summed E-state index contributed by atoms with van der Waals surface area (Å²) < 4.78 is 4.09. The molecule has 0 unspecified atom stereocenters. The Morgan fingerprint density at radius 2 is 1.96 bits per heavy atom. The second-order valence-corrected chi connectivity index (χ2v) is 7.89. The van der Waals surface area contributed by atoms with Gasteiger partial charge in [0.25, 0.3) is 0 Å². The highest BCUT2D eigenvalue weighted by atomic mass is 79.9. The Morgan fingerprint density at radius 1 is 1.12 bits per heavy atom. The Kier molecular flexibility index (Phi) is 5.62. The maximum Gasteiger partial charge on any atom is 0.187 e. The molecule has 4 rings (SSSR count). The van der Waals surface area contributed by atoms with Gasteiger partial charge in [0.2, 0.25) is 0 Å². The van der Waals surface area contributed by atoms with Gasteiger partial charge < -0.3 is 5.32 Å². The summed E-state index contributed by atoms with van der Waals surface area (Å²) in [5.41, 5.74) is 4.84. The van der Waals surface area contributed by atoms with E-state index in [1.807, 2.05) is 49.5 Å². The van der Waals surface area contributed by atoms with Gasteiger partial charge in [0.15, 0.2) is 5.13 Å². The molecule has 0 fully saturated rings. The van der Waals surface area contributed by atoms with Gasteiger partial charge in [-0.25, -0.2) is 9.97 Å². The van der Waals surface area contributed by atoms with Crippen molar-refractivity contribution in [3.63, 3.8) is 0 Å². The number of nitrogens with one attached hydrogen (secondary N) is 1. The standard InChI is InChI=1S/C17H12Br2N4S.BrH/c1-10-16(23-7-3-2-4-15(23)20-10)14-9-24-17(22-14)21-13-6-5-11(18)8-12(13)19;/h2-9H,1H3,(H,21,22);1H. The van der Waals surface area contributed by atoms with Crippen molar-refractivity contribution in [3.05, 3.63) is 62.6 Å². The van der Waals surface area contributed by atoms with Crippen LogP contribution >= 0.6 is 60.2 Å². The van der Waals surface area contributed by atoms with E-state index >= 15 is 0 Å². The van der Waals surface area contributed by atoms with Gasteiger partial charge in [-0.15, -0.1) is 28.3 Å². The first-order valence-corrected chi connectivity index (χ1v) is 9.70. The lowest BCUT2D eigenvalue weighted by Gasteiger charge is -2.05. The average Bonchev–Trinajstić information content (AvgIpc) is 3.13. The van der Waals surface area contributed by atoms with Gasteiger partial charge >= 0.3 is 0 Å². The Hall–Kier alpha value is -1.22.